The van der Waals surface area contributed by atoms with Crippen LogP contribution in [0.15, 0.2) is 54.6 Å². The number of carbonyl (C=O) groups excluding carboxylic acids is 1. The monoisotopic (exact) mass is 302 g/mol. The molecule has 2 N–H and O–H groups in total. The van der Waals surface area contributed by atoms with Gasteiger partial charge in [0.05, 0.1) is 5.56 Å². The summed E-state index contributed by atoms with van der Waals surface area (Å²) in [6.45, 7) is 0. The number of aromatic hydroxyl groups is 1. The van der Waals surface area contributed by atoms with Crippen molar-refractivity contribution in [2.75, 3.05) is 0 Å². The van der Waals surface area contributed by atoms with Gasteiger partial charge in [0.25, 0.3) is 0 Å². The highest BCUT2D eigenvalue weighted by molar-refractivity contribution is 6.05. The van der Waals surface area contributed by atoms with E-state index in [2.05, 4.69) is 0 Å². The Labute approximate surface area is 125 Å². The summed E-state index contributed by atoms with van der Waals surface area (Å²) >= 11 is 0. The Morgan fingerprint density at radius 2 is 1.64 bits per heavy atom. The molecule has 0 saturated heterocycles. The molecule has 0 aromatic heterocycles. The summed E-state index contributed by atoms with van der Waals surface area (Å²) in [5.74, 6) is -2.49. The molecule has 3 nitrogen and oxygen atoms in total. The third-order valence-electron chi connectivity index (χ3n) is 2.82. The van der Waals surface area contributed by atoms with Crippen molar-refractivity contribution in [3.8, 4) is 5.75 Å². The van der Waals surface area contributed by atoms with Crippen LogP contribution in [0.25, 0.3) is 11.8 Å². The highest BCUT2D eigenvalue weighted by atomic mass is 19.1. The van der Waals surface area contributed by atoms with Gasteiger partial charge in [-0.3, -0.25) is 4.79 Å². The highest BCUT2D eigenvalue weighted by Gasteiger charge is 2.08. The largest absolute Gasteiger partial charge is 0.507 e. The smallest absolute Gasteiger partial charge is 0.182 e. The minimum atomic E-state index is -0.651. The number of phenolic OH excluding ortho intramolecular Hbond substituents is 1. The minimum absolute atomic E-state index is 0.177. The second kappa shape index (κ2) is 6.67. The fraction of sp³-hybridized carbons (Fsp3) is 0. The first-order valence-electron chi connectivity index (χ1n) is 6.33. The van der Waals surface area contributed by atoms with Gasteiger partial charge in [0.2, 0.25) is 0 Å². The van der Waals surface area contributed by atoms with Crippen LogP contribution in [0, 0.1) is 11.6 Å². The van der Waals surface area contributed by atoms with Crippen molar-refractivity contribution < 1.29 is 23.8 Å². The predicted octanol–water partition coefficient (Wildman–Crippen LogP) is 3.85. The van der Waals surface area contributed by atoms with Crippen LogP contribution in [0.5, 0.6) is 5.75 Å². The van der Waals surface area contributed by atoms with Gasteiger partial charge in [-0.2, -0.15) is 0 Å². The topological polar surface area (TPSA) is 57.5 Å². The molecule has 2 aromatic rings. The van der Waals surface area contributed by atoms with Crippen molar-refractivity contribution in [1.82, 2.24) is 0 Å². The van der Waals surface area contributed by atoms with E-state index in [1.807, 2.05) is 0 Å². The van der Waals surface area contributed by atoms with Crippen molar-refractivity contribution in [2.45, 2.75) is 0 Å². The van der Waals surface area contributed by atoms with Crippen LogP contribution in [0.3, 0.4) is 0 Å². The van der Waals surface area contributed by atoms with Gasteiger partial charge in [0.15, 0.2) is 5.78 Å². The molecular weight excluding hydrogens is 290 g/mol. The zero-order valence-corrected chi connectivity index (χ0v) is 11.3. The Hall–Kier alpha value is -2.95. The lowest BCUT2D eigenvalue weighted by atomic mass is 10.1. The molecule has 2 aromatic carbocycles. The molecule has 2 rings (SSSR count). The summed E-state index contributed by atoms with van der Waals surface area (Å²) in [5, 5.41) is 19.3. The van der Waals surface area contributed by atoms with E-state index >= 15 is 0 Å². The van der Waals surface area contributed by atoms with Gasteiger partial charge in [-0.25, -0.2) is 8.78 Å². The first-order chi connectivity index (χ1) is 10.5. The molecule has 22 heavy (non-hydrogen) atoms. The van der Waals surface area contributed by atoms with Crippen LogP contribution in [0.2, 0.25) is 0 Å². The Balaban J connectivity index is 2.15. The van der Waals surface area contributed by atoms with Gasteiger partial charge in [0, 0.05) is 6.08 Å². The summed E-state index contributed by atoms with van der Waals surface area (Å²) in [5.41, 5.74) is 0.430. The van der Waals surface area contributed by atoms with Crippen molar-refractivity contribution in [1.29, 1.82) is 0 Å². The summed E-state index contributed by atoms with van der Waals surface area (Å²) in [4.78, 5) is 11.7. The standard InChI is InChI=1S/C17H12F2O3/c18-12-4-1-11(2-5-12)3-7-14(20)10-17(22)15-9-13(19)6-8-16(15)21/h1-10,21-22H/b7-3+,17-10-. The number of halogens is 2. The Morgan fingerprint density at radius 1 is 1.00 bits per heavy atom. The van der Waals surface area contributed by atoms with Gasteiger partial charge in [-0.1, -0.05) is 18.2 Å². The number of benzene rings is 2. The minimum Gasteiger partial charge on any atom is -0.507 e. The highest BCUT2D eigenvalue weighted by Crippen LogP contribution is 2.24. The molecule has 112 valence electrons. The van der Waals surface area contributed by atoms with Gasteiger partial charge in [-0.15, -0.1) is 0 Å². The number of allylic oxidation sites excluding steroid dienone is 2. The Kier molecular flexibility index (Phi) is 4.68. The number of ketones is 1. The first kappa shape index (κ1) is 15.4. The molecular formula is C17H12F2O3. The summed E-state index contributed by atoms with van der Waals surface area (Å²) < 4.78 is 25.8. The van der Waals surface area contributed by atoms with Crippen LogP contribution in [-0.4, -0.2) is 16.0 Å². The summed E-state index contributed by atoms with van der Waals surface area (Å²) in [6, 6.07) is 8.50. The zero-order valence-electron chi connectivity index (χ0n) is 11.3. The first-order valence-corrected chi connectivity index (χ1v) is 6.33. The van der Waals surface area contributed by atoms with Gasteiger partial charge in [0.1, 0.15) is 23.1 Å². The Morgan fingerprint density at radius 3 is 2.32 bits per heavy atom. The average Bonchev–Trinajstić information content (AvgIpc) is 2.49. The van der Waals surface area contributed by atoms with Crippen LogP contribution in [0.4, 0.5) is 8.78 Å². The van der Waals surface area contributed by atoms with Crippen LogP contribution in [-0.2, 0) is 4.79 Å². The molecule has 0 unspecified atom stereocenters. The van der Waals surface area contributed by atoms with Gasteiger partial charge >= 0.3 is 0 Å². The van der Waals surface area contributed by atoms with Crippen molar-refractivity contribution in [3.05, 3.63) is 77.4 Å². The fourth-order valence-corrected chi connectivity index (χ4v) is 1.73. The SMILES string of the molecule is O=C(/C=C(\O)c1cc(F)ccc1O)/C=C/c1ccc(F)cc1. The molecule has 0 saturated carbocycles. The van der Waals surface area contributed by atoms with Crippen molar-refractivity contribution in [2.24, 2.45) is 0 Å². The molecule has 0 aliphatic carbocycles. The molecule has 0 radical (unpaired) electrons. The maximum absolute atomic E-state index is 13.1. The lowest BCUT2D eigenvalue weighted by Gasteiger charge is -2.02. The molecule has 0 heterocycles. The lowest BCUT2D eigenvalue weighted by Crippen LogP contribution is -1.92. The van der Waals surface area contributed by atoms with E-state index in [4.69, 9.17) is 0 Å². The molecule has 0 amide bonds. The molecule has 0 aliphatic heterocycles. The number of phenols is 1. The second-order valence-electron chi connectivity index (χ2n) is 4.48. The number of hydrogen-bond acceptors (Lipinski definition) is 3. The third kappa shape index (κ3) is 4.02. The maximum atomic E-state index is 13.1. The van der Waals surface area contributed by atoms with E-state index in [0.29, 0.717) is 5.56 Å². The van der Waals surface area contributed by atoms with E-state index in [-0.39, 0.29) is 17.1 Å². The summed E-state index contributed by atoms with van der Waals surface area (Å²) in [7, 11) is 0. The molecule has 0 spiro atoms. The van der Waals surface area contributed by atoms with Crippen molar-refractivity contribution >= 4 is 17.6 Å². The van der Waals surface area contributed by atoms with Gasteiger partial charge < -0.3 is 10.2 Å². The zero-order chi connectivity index (χ0) is 16.1. The normalized spacial score (nSPS) is 11.8. The van der Waals surface area contributed by atoms with Gasteiger partial charge in [-0.05, 0) is 42.0 Å². The summed E-state index contributed by atoms with van der Waals surface area (Å²) in [6.07, 6.45) is 3.46. The van der Waals surface area contributed by atoms with E-state index in [9.17, 15) is 23.8 Å². The van der Waals surface area contributed by atoms with E-state index < -0.39 is 17.4 Å². The van der Waals surface area contributed by atoms with Crippen LogP contribution >= 0.6 is 0 Å². The number of hydrogen-bond donors (Lipinski definition) is 2. The van der Waals surface area contributed by atoms with E-state index in [1.54, 1.807) is 0 Å². The van der Waals surface area contributed by atoms with E-state index in [0.717, 1.165) is 24.3 Å². The number of aliphatic hydroxyl groups excluding tert-OH is 1. The second-order valence-corrected chi connectivity index (χ2v) is 4.48. The molecule has 0 fully saturated rings. The van der Waals surface area contributed by atoms with E-state index in [1.165, 1.54) is 36.4 Å². The molecule has 0 atom stereocenters. The molecule has 0 bridgehead atoms. The number of rotatable bonds is 4. The van der Waals surface area contributed by atoms with Crippen molar-refractivity contribution in [3.63, 3.8) is 0 Å². The van der Waals surface area contributed by atoms with Crippen LogP contribution < -0.4 is 0 Å². The number of carbonyl (C=O) groups is 1. The lowest BCUT2D eigenvalue weighted by molar-refractivity contribution is -0.110. The molecule has 5 heteroatoms. The molecule has 0 aliphatic rings. The fourth-order valence-electron chi connectivity index (χ4n) is 1.73. The number of aliphatic hydroxyl groups is 1. The van der Waals surface area contributed by atoms with Crippen LogP contribution in [0.1, 0.15) is 11.1 Å². The average molecular weight is 302 g/mol. The quantitative estimate of drug-likeness (QED) is 0.666. The Bertz CT molecular complexity index is 747. The maximum Gasteiger partial charge on any atom is 0.182 e. The third-order valence-corrected chi connectivity index (χ3v) is 2.82. The predicted molar refractivity (Wildman–Crippen MR) is 79.1 cm³/mol.